The van der Waals surface area contributed by atoms with E-state index in [0.717, 1.165) is 0 Å². The van der Waals surface area contributed by atoms with E-state index in [0.29, 0.717) is 37.4 Å². The molecule has 1 aromatic carbocycles. The van der Waals surface area contributed by atoms with E-state index in [-0.39, 0.29) is 5.91 Å². The summed E-state index contributed by atoms with van der Waals surface area (Å²) in [5, 5.41) is 9.90. The third-order valence-electron chi connectivity index (χ3n) is 3.38. The highest BCUT2D eigenvalue weighted by molar-refractivity contribution is 5.95. The number of hydrogen-bond donors (Lipinski definition) is 1. The Morgan fingerprint density at radius 2 is 2.11 bits per heavy atom. The number of β-amino-alcohol motifs (C(OH)–C–C–N with tert-alkyl or cyclic N) is 1. The molecule has 4 nitrogen and oxygen atoms in total. The predicted octanol–water partition coefficient (Wildman–Crippen LogP) is 1.85. The number of nitrogens with zero attached hydrogens (tertiary/aromatic N) is 1. The van der Waals surface area contributed by atoms with Gasteiger partial charge in [-0.1, -0.05) is 19.6 Å². The molecule has 19 heavy (non-hydrogen) atoms. The van der Waals surface area contributed by atoms with Gasteiger partial charge in [0.15, 0.2) is 0 Å². The Kier molecular flexibility index (Phi) is 3.90. The summed E-state index contributed by atoms with van der Waals surface area (Å²) >= 11 is 0. The van der Waals surface area contributed by atoms with E-state index in [1.165, 1.54) is 0 Å². The van der Waals surface area contributed by atoms with Crippen LogP contribution in [0.15, 0.2) is 36.9 Å². The van der Waals surface area contributed by atoms with Crippen molar-refractivity contribution in [2.45, 2.75) is 18.9 Å². The largest absolute Gasteiger partial charge is 0.490 e. The fourth-order valence-electron chi connectivity index (χ4n) is 2.06. The lowest BCUT2D eigenvalue weighted by Gasteiger charge is -2.46. The topological polar surface area (TPSA) is 49.8 Å². The van der Waals surface area contributed by atoms with Crippen LogP contribution in [0.2, 0.25) is 0 Å². The SMILES string of the molecule is C=CCOc1ccc(C(=O)N2CC(O)(CC)C2)cc1. The lowest BCUT2D eigenvalue weighted by atomic mass is 9.90. The normalized spacial score (nSPS) is 16.6. The number of carbonyl (C=O) groups excluding carboxylic acids is 1. The van der Waals surface area contributed by atoms with E-state index in [1.807, 2.05) is 6.92 Å². The van der Waals surface area contributed by atoms with Gasteiger partial charge in [0, 0.05) is 5.56 Å². The van der Waals surface area contributed by atoms with Crippen LogP contribution < -0.4 is 4.74 Å². The molecule has 1 heterocycles. The molecule has 0 radical (unpaired) electrons. The first kappa shape index (κ1) is 13.6. The van der Waals surface area contributed by atoms with Crippen molar-refractivity contribution in [1.29, 1.82) is 0 Å². The van der Waals surface area contributed by atoms with Gasteiger partial charge in [-0.2, -0.15) is 0 Å². The van der Waals surface area contributed by atoms with Crippen molar-refractivity contribution in [3.8, 4) is 5.75 Å². The quantitative estimate of drug-likeness (QED) is 0.823. The number of benzene rings is 1. The predicted molar refractivity (Wildman–Crippen MR) is 73.3 cm³/mol. The highest BCUT2D eigenvalue weighted by Crippen LogP contribution is 2.26. The van der Waals surface area contributed by atoms with Gasteiger partial charge in [0.2, 0.25) is 0 Å². The van der Waals surface area contributed by atoms with Crippen molar-refractivity contribution in [2.24, 2.45) is 0 Å². The van der Waals surface area contributed by atoms with Crippen molar-refractivity contribution in [2.75, 3.05) is 19.7 Å². The molecule has 2 rings (SSSR count). The third kappa shape index (κ3) is 2.96. The van der Waals surface area contributed by atoms with E-state index >= 15 is 0 Å². The van der Waals surface area contributed by atoms with Gasteiger partial charge in [0.1, 0.15) is 12.4 Å². The summed E-state index contributed by atoms with van der Waals surface area (Å²) in [5.74, 6) is 0.665. The number of likely N-dealkylation sites (tertiary alicyclic amines) is 1. The molecule has 1 fully saturated rings. The molecule has 0 atom stereocenters. The van der Waals surface area contributed by atoms with E-state index < -0.39 is 5.60 Å². The Hall–Kier alpha value is -1.81. The zero-order chi connectivity index (χ0) is 13.9. The number of aliphatic hydroxyl groups is 1. The molecule has 0 aliphatic carbocycles. The lowest BCUT2D eigenvalue weighted by molar-refractivity contribution is -0.0826. The molecule has 4 heteroatoms. The second-order valence-corrected chi connectivity index (χ2v) is 4.86. The van der Waals surface area contributed by atoms with Crippen LogP contribution in [-0.2, 0) is 0 Å². The van der Waals surface area contributed by atoms with Crippen LogP contribution in [0.5, 0.6) is 5.75 Å². The monoisotopic (exact) mass is 261 g/mol. The number of ether oxygens (including phenoxy) is 1. The first-order valence-corrected chi connectivity index (χ1v) is 6.43. The standard InChI is InChI=1S/C15H19NO3/c1-3-9-19-13-7-5-12(6-8-13)14(17)16-10-15(18,4-2)11-16/h3,5-8,18H,1,4,9-11H2,2H3. The smallest absolute Gasteiger partial charge is 0.254 e. The fraction of sp³-hybridized carbons (Fsp3) is 0.400. The summed E-state index contributed by atoms with van der Waals surface area (Å²) in [4.78, 5) is 13.8. The Morgan fingerprint density at radius 1 is 1.47 bits per heavy atom. The summed E-state index contributed by atoms with van der Waals surface area (Å²) < 4.78 is 5.36. The zero-order valence-corrected chi connectivity index (χ0v) is 11.1. The molecule has 0 saturated carbocycles. The minimum atomic E-state index is -0.692. The Bertz CT molecular complexity index is 461. The van der Waals surface area contributed by atoms with Gasteiger partial charge in [-0.15, -0.1) is 0 Å². The minimum absolute atomic E-state index is 0.0478. The van der Waals surface area contributed by atoms with Gasteiger partial charge in [-0.3, -0.25) is 4.79 Å². The Labute approximate surface area is 113 Å². The van der Waals surface area contributed by atoms with Gasteiger partial charge in [-0.05, 0) is 30.7 Å². The van der Waals surface area contributed by atoms with E-state index in [4.69, 9.17) is 4.74 Å². The molecule has 1 N–H and O–H groups in total. The number of carbonyl (C=O) groups is 1. The van der Waals surface area contributed by atoms with Crippen LogP contribution in [0.4, 0.5) is 0 Å². The Morgan fingerprint density at radius 3 is 2.63 bits per heavy atom. The summed E-state index contributed by atoms with van der Waals surface area (Å²) in [5.41, 5.74) is -0.0769. The van der Waals surface area contributed by atoms with Crippen LogP contribution in [-0.4, -0.2) is 41.2 Å². The summed E-state index contributed by atoms with van der Waals surface area (Å²) in [6.07, 6.45) is 2.34. The molecular weight excluding hydrogens is 242 g/mol. The van der Waals surface area contributed by atoms with Gasteiger partial charge < -0.3 is 14.7 Å². The number of hydrogen-bond acceptors (Lipinski definition) is 3. The van der Waals surface area contributed by atoms with Crippen molar-refractivity contribution >= 4 is 5.91 Å². The molecule has 0 bridgehead atoms. The number of amides is 1. The average Bonchev–Trinajstić information content (AvgIpc) is 2.41. The molecule has 1 aliphatic rings. The summed E-state index contributed by atoms with van der Waals surface area (Å²) in [6.45, 7) is 6.77. The molecule has 0 aromatic heterocycles. The summed E-state index contributed by atoms with van der Waals surface area (Å²) in [6, 6.07) is 7.01. The van der Waals surface area contributed by atoms with Crippen LogP contribution >= 0.6 is 0 Å². The Balaban J connectivity index is 1.95. The van der Waals surface area contributed by atoms with E-state index in [9.17, 15) is 9.90 Å². The fourth-order valence-corrected chi connectivity index (χ4v) is 2.06. The van der Waals surface area contributed by atoms with Crippen LogP contribution in [0, 0.1) is 0 Å². The second-order valence-electron chi connectivity index (χ2n) is 4.86. The van der Waals surface area contributed by atoms with Crippen LogP contribution in [0.25, 0.3) is 0 Å². The minimum Gasteiger partial charge on any atom is -0.490 e. The van der Waals surface area contributed by atoms with Gasteiger partial charge >= 0.3 is 0 Å². The van der Waals surface area contributed by atoms with Crippen LogP contribution in [0.3, 0.4) is 0 Å². The maximum Gasteiger partial charge on any atom is 0.254 e. The van der Waals surface area contributed by atoms with Gasteiger partial charge in [-0.25, -0.2) is 0 Å². The lowest BCUT2D eigenvalue weighted by Crippen LogP contribution is -2.63. The molecule has 1 aromatic rings. The average molecular weight is 261 g/mol. The van der Waals surface area contributed by atoms with E-state index in [1.54, 1.807) is 35.2 Å². The van der Waals surface area contributed by atoms with Crippen LogP contribution in [0.1, 0.15) is 23.7 Å². The van der Waals surface area contributed by atoms with Gasteiger partial charge in [0.25, 0.3) is 5.91 Å². The highest BCUT2D eigenvalue weighted by Gasteiger charge is 2.42. The third-order valence-corrected chi connectivity index (χ3v) is 3.38. The molecule has 0 unspecified atom stereocenters. The maximum absolute atomic E-state index is 12.1. The van der Waals surface area contributed by atoms with Gasteiger partial charge in [0.05, 0.1) is 18.7 Å². The number of rotatable bonds is 5. The first-order chi connectivity index (χ1) is 9.08. The molecule has 102 valence electrons. The molecule has 1 aliphatic heterocycles. The molecule has 0 spiro atoms. The molecule has 1 saturated heterocycles. The van der Waals surface area contributed by atoms with Crippen molar-refractivity contribution in [3.63, 3.8) is 0 Å². The summed E-state index contributed by atoms with van der Waals surface area (Å²) in [7, 11) is 0. The molecule has 1 amide bonds. The maximum atomic E-state index is 12.1. The molecular formula is C15H19NO3. The zero-order valence-electron chi connectivity index (χ0n) is 11.1. The first-order valence-electron chi connectivity index (χ1n) is 6.43. The van der Waals surface area contributed by atoms with Crippen molar-refractivity contribution < 1.29 is 14.6 Å². The van der Waals surface area contributed by atoms with Crippen molar-refractivity contribution in [1.82, 2.24) is 4.90 Å². The van der Waals surface area contributed by atoms with Crippen molar-refractivity contribution in [3.05, 3.63) is 42.5 Å². The van der Waals surface area contributed by atoms with E-state index in [2.05, 4.69) is 6.58 Å². The second kappa shape index (κ2) is 5.45. The highest BCUT2D eigenvalue weighted by atomic mass is 16.5.